The third kappa shape index (κ3) is 3.65. The van der Waals surface area contributed by atoms with Crippen molar-refractivity contribution in [2.24, 2.45) is 10.1 Å². The Kier molecular flexibility index (Phi) is 4.79. The van der Waals surface area contributed by atoms with Crippen molar-refractivity contribution in [1.82, 2.24) is 0 Å². The molecule has 3 aromatic carbocycles. The summed E-state index contributed by atoms with van der Waals surface area (Å²) in [7, 11) is 0. The van der Waals surface area contributed by atoms with Gasteiger partial charge in [0.2, 0.25) is 11.9 Å². The molecule has 0 unspecified atom stereocenters. The molecule has 0 fully saturated rings. The van der Waals surface area contributed by atoms with E-state index >= 15 is 0 Å². The fraction of sp³-hybridized carbons (Fsp3) is 0.174. The molecule has 0 atom stereocenters. The first-order valence-electron chi connectivity index (χ1n) is 9.37. The SMILES string of the molecule is CCN(CC)c1ccc(N=C2C=N[N+](c3ccc4ccccc4c3)=C2)cc1. The minimum Gasteiger partial charge on any atom is -0.372 e. The number of aliphatic imine (C=N–C) groups is 1. The number of nitrogens with zero attached hydrogens (tertiary/aromatic N) is 4. The van der Waals surface area contributed by atoms with Crippen LogP contribution in [0.25, 0.3) is 10.8 Å². The monoisotopic (exact) mass is 355 g/mol. The molecule has 4 heteroatoms. The van der Waals surface area contributed by atoms with Crippen LogP contribution in [0.1, 0.15) is 13.8 Å². The molecule has 0 radical (unpaired) electrons. The van der Waals surface area contributed by atoms with Crippen LogP contribution >= 0.6 is 0 Å². The molecule has 0 aromatic heterocycles. The summed E-state index contributed by atoms with van der Waals surface area (Å²) in [5.74, 6) is 0. The highest BCUT2D eigenvalue weighted by Crippen LogP contribution is 2.23. The van der Waals surface area contributed by atoms with Crippen LogP contribution in [0, 0.1) is 0 Å². The van der Waals surface area contributed by atoms with E-state index in [1.807, 2.05) is 10.9 Å². The second kappa shape index (κ2) is 7.54. The predicted octanol–water partition coefficient (Wildman–Crippen LogP) is 5.17. The lowest BCUT2D eigenvalue weighted by atomic mass is 10.1. The molecule has 0 saturated carbocycles. The quantitative estimate of drug-likeness (QED) is 0.581. The molecule has 0 N–H and O–H groups in total. The number of fused-ring (bicyclic) bond motifs is 1. The molecule has 0 spiro atoms. The number of hydrogen-bond acceptors (Lipinski definition) is 3. The summed E-state index contributed by atoms with van der Waals surface area (Å²) in [6.07, 6.45) is 3.76. The first-order chi connectivity index (χ1) is 13.3. The van der Waals surface area contributed by atoms with E-state index in [1.54, 1.807) is 6.21 Å². The summed E-state index contributed by atoms with van der Waals surface area (Å²) in [5, 5.41) is 6.91. The molecule has 134 valence electrons. The van der Waals surface area contributed by atoms with Crippen LogP contribution in [0.15, 0.2) is 76.8 Å². The summed E-state index contributed by atoms with van der Waals surface area (Å²) >= 11 is 0. The Morgan fingerprint density at radius 1 is 0.889 bits per heavy atom. The van der Waals surface area contributed by atoms with Crippen LogP contribution in [0.2, 0.25) is 0 Å². The van der Waals surface area contributed by atoms with Gasteiger partial charge in [-0.1, -0.05) is 28.9 Å². The molecular formula is C23H23N4+. The van der Waals surface area contributed by atoms with Gasteiger partial charge in [-0.05, 0) is 55.0 Å². The first kappa shape index (κ1) is 17.2. The molecule has 27 heavy (non-hydrogen) atoms. The van der Waals surface area contributed by atoms with E-state index in [9.17, 15) is 0 Å². The minimum absolute atomic E-state index is 0.846. The van der Waals surface area contributed by atoms with Gasteiger partial charge in [0.05, 0.1) is 5.69 Å². The van der Waals surface area contributed by atoms with Gasteiger partial charge in [-0.2, -0.15) is 0 Å². The average molecular weight is 355 g/mol. The largest absolute Gasteiger partial charge is 0.372 e. The van der Waals surface area contributed by atoms with E-state index in [0.717, 1.165) is 30.2 Å². The molecule has 1 heterocycles. The lowest BCUT2D eigenvalue weighted by Gasteiger charge is -2.20. The zero-order valence-electron chi connectivity index (χ0n) is 15.7. The van der Waals surface area contributed by atoms with Crippen LogP contribution in [0.5, 0.6) is 0 Å². The Bertz CT molecular complexity index is 1040. The third-order valence-corrected chi connectivity index (χ3v) is 4.80. The van der Waals surface area contributed by atoms with Crippen molar-refractivity contribution in [3.8, 4) is 0 Å². The van der Waals surface area contributed by atoms with E-state index in [1.165, 1.54) is 16.5 Å². The number of rotatable bonds is 5. The topological polar surface area (TPSA) is 31.0 Å². The summed E-state index contributed by atoms with van der Waals surface area (Å²) in [4.78, 5) is 7.02. The number of benzene rings is 3. The lowest BCUT2D eigenvalue weighted by molar-refractivity contribution is -0.435. The molecule has 0 aliphatic carbocycles. The van der Waals surface area contributed by atoms with Crippen molar-refractivity contribution in [3.05, 3.63) is 66.7 Å². The normalized spacial score (nSPS) is 14.7. The number of anilines is 1. The summed E-state index contributed by atoms with van der Waals surface area (Å²) in [5.41, 5.74) is 4.04. The van der Waals surface area contributed by atoms with Crippen molar-refractivity contribution in [1.29, 1.82) is 0 Å². The average Bonchev–Trinajstić information content (AvgIpc) is 3.18. The molecule has 4 nitrogen and oxygen atoms in total. The maximum absolute atomic E-state index is 4.70. The zero-order valence-corrected chi connectivity index (χ0v) is 15.7. The van der Waals surface area contributed by atoms with Crippen molar-refractivity contribution in [2.75, 3.05) is 18.0 Å². The molecular weight excluding hydrogens is 332 g/mol. The van der Waals surface area contributed by atoms with Crippen molar-refractivity contribution in [2.45, 2.75) is 13.8 Å². The third-order valence-electron chi connectivity index (χ3n) is 4.80. The predicted molar refractivity (Wildman–Crippen MR) is 116 cm³/mol. The maximum atomic E-state index is 4.70. The molecule has 1 aliphatic rings. The molecule has 1 aliphatic heterocycles. The van der Waals surface area contributed by atoms with Crippen LogP contribution in [-0.2, 0) is 0 Å². The van der Waals surface area contributed by atoms with Crippen molar-refractivity contribution in [3.63, 3.8) is 0 Å². The molecule has 0 saturated heterocycles. The van der Waals surface area contributed by atoms with Gasteiger partial charge in [0.1, 0.15) is 6.21 Å². The molecule has 0 amide bonds. The van der Waals surface area contributed by atoms with Gasteiger partial charge in [0.25, 0.3) is 0 Å². The van der Waals surface area contributed by atoms with Crippen LogP contribution < -0.4 is 4.90 Å². The van der Waals surface area contributed by atoms with Gasteiger partial charge in [-0.25, -0.2) is 4.99 Å². The van der Waals surface area contributed by atoms with Gasteiger partial charge in [0, 0.05) is 36.0 Å². The highest BCUT2D eigenvalue weighted by Gasteiger charge is 2.17. The van der Waals surface area contributed by atoms with E-state index in [2.05, 4.69) is 90.6 Å². The first-order valence-corrected chi connectivity index (χ1v) is 9.37. The lowest BCUT2D eigenvalue weighted by Crippen LogP contribution is -2.21. The van der Waals surface area contributed by atoms with E-state index in [4.69, 9.17) is 4.99 Å². The standard InChI is InChI=1S/C23H23N4/c1-3-26(4-2)22-13-10-20(11-14-22)25-21-16-24-27(17-21)23-12-9-18-7-5-6-8-19(18)15-23/h5-17H,3-4H2,1-2H3/q+1. The molecule has 0 bridgehead atoms. The van der Waals surface area contributed by atoms with Gasteiger partial charge >= 0.3 is 0 Å². The highest BCUT2D eigenvalue weighted by molar-refractivity contribution is 6.56. The Morgan fingerprint density at radius 2 is 1.63 bits per heavy atom. The van der Waals surface area contributed by atoms with E-state index in [0.29, 0.717) is 0 Å². The Hall–Kier alpha value is -3.27. The van der Waals surface area contributed by atoms with Crippen LogP contribution in [0.3, 0.4) is 0 Å². The van der Waals surface area contributed by atoms with Gasteiger partial charge in [-0.15, -0.1) is 0 Å². The summed E-state index contributed by atoms with van der Waals surface area (Å²) in [6.45, 7) is 6.35. The second-order valence-corrected chi connectivity index (χ2v) is 6.48. The Labute approximate surface area is 159 Å². The van der Waals surface area contributed by atoms with Gasteiger partial charge < -0.3 is 4.90 Å². The fourth-order valence-corrected chi connectivity index (χ4v) is 3.31. The van der Waals surface area contributed by atoms with Crippen molar-refractivity contribution >= 4 is 46.0 Å². The summed E-state index contributed by atoms with van der Waals surface area (Å²) in [6, 6.07) is 23.0. The highest BCUT2D eigenvalue weighted by atomic mass is 15.4. The summed E-state index contributed by atoms with van der Waals surface area (Å²) < 4.78 is 1.87. The molecule has 4 rings (SSSR count). The smallest absolute Gasteiger partial charge is 0.238 e. The van der Waals surface area contributed by atoms with Crippen LogP contribution in [-0.4, -0.2) is 35.9 Å². The molecule has 3 aromatic rings. The minimum atomic E-state index is 0.846. The maximum Gasteiger partial charge on any atom is 0.238 e. The number of hydrazone groups is 1. The van der Waals surface area contributed by atoms with E-state index < -0.39 is 0 Å². The Morgan fingerprint density at radius 3 is 2.37 bits per heavy atom. The van der Waals surface area contributed by atoms with Gasteiger partial charge in [0.15, 0.2) is 5.71 Å². The van der Waals surface area contributed by atoms with Crippen molar-refractivity contribution < 1.29 is 4.68 Å². The van der Waals surface area contributed by atoms with Gasteiger partial charge in [-0.3, -0.25) is 0 Å². The number of hydrogen-bond donors (Lipinski definition) is 0. The Balaban J connectivity index is 1.57. The van der Waals surface area contributed by atoms with Crippen LogP contribution in [0.4, 0.5) is 17.1 Å². The van der Waals surface area contributed by atoms with E-state index in [-0.39, 0.29) is 0 Å². The zero-order chi connectivity index (χ0) is 18.6. The fourth-order valence-electron chi connectivity index (χ4n) is 3.31. The second-order valence-electron chi connectivity index (χ2n) is 6.48.